The molecule has 4 nitrogen and oxygen atoms in total. The SMILES string of the molecule is COC1=C(c2c(C)cc(C)cc2C)C(=O)C(C(O)c2cc(C)c(C)o2)C1. The first-order valence-electron chi connectivity index (χ1n) is 8.89. The first-order chi connectivity index (χ1) is 12.2. The fourth-order valence-corrected chi connectivity index (χ4v) is 3.94. The number of ether oxygens (including phenoxy) is 1. The highest BCUT2D eigenvalue weighted by atomic mass is 16.5. The Morgan fingerprint density at radius 2 is 1.69 bits per heavy atom. The van der Waals surface area contributed by atoms with Crippen molar-refractivity contribution < 1.29 is 19.1 Å². The third-order valence-corrected chi connectivity index (χ3v) is 5.30. The molecule has 0 saturated carbocycles. The molecule has 0 amide bonds. The van der Waals surface area contributed by atoms with Crippen molar-refractivity contribution in [1.82, 2.24) is 0 Å². The van der Waals surface area contributed by atoms with Crippen LogP contribution in [0.1, 0.15) is 51.9 Å². The van der Waals surface area contributed by atoms with Gasteiger partial charge in [0.25, 0.3) is 0 Å². The number of ketones is 1. The summed E-state index contributed by atoms with van der Waals surface area (Å²) in [4.78, 5) is 13.2. The lowest BCUT2D eigenvalue weighted by Gasteiger charge is -2.16. The van der Waals surface area contributed by atoms with Gasteiger partial charge >= 0.3 is 0 Å². The van der Waals surface area contributed by atoms with E-state index in [1.807, 2.05) is 34.6 Å². The normalized spacial score (nSPS) is 18.6. The molecule has 1 heterocycles. The Morgan fingerprint density at radius 1 is 1.08 bits per heavy atom. The summed E-state index contributed by atoms with van der Waals surface area (Å²) in [6.45, 7) is 9.83. The van der Waals surface area contributed by atoms with Gasteiger partial charge in [-0.05, 0) is 62.9 Å². The van der Waals surface area contributed by atoms with E-state index in [-0.39, 0.29) is 5.78 Å². The van der Waals surface area contributed by atoms with E-state index >= 15 is 0 Å². The van der Waals surface area contributed by atoms with Crippen molar-refractivity contribution in [3.8, 4) is 0 Å². The van der Waals surface area contributed by atoms with Gasteiger partial charge in [-0.2, -0.15) is 0 Å². The van der Waals surface area contributed by atoms with Gasteiger partial charge in [0.05, 0.1) is 18.6 Å². The van der Waals surface area contributed by atoms with E-state index in [9.17, 15) is 9.90 Å². The Bertz CT molecular complexity index is 858. The minimum absolute atomic E-state index is 0.0869. The molecular formula is C22H26O4. The molecule has 1 aliphatic rings. The summed E-state index contributed by atoms with van der Waals surface area (Å²) in [7, 11) is 1.58. The van der Waals surface area contributed by atoms with Gasteiger partial charge in [0, 0.05) is 6.42 Å². The Balaban J connectivity index is 2.01. The zero-order valence-corrected chi connectivity index (χ0v) is 16.3. The van der Waals surface area contributed by atoms with Crippen LogP contribution in [0, 0.1) is 40.5 Å². The molecule has 0 radical (unpaired) electrons. The van der Waals surface area contributed by atoms with E-state index in [0.717, 1.165) is 33.6 Å². The van der Waals surface area contributed by atoms with Crippen molar-refractivity contribution in [3.05, 3.63) is 63.3 Å². The molecule has 1 aromatic heterocycles. The third-order valence-electron chi connectivity index (χ3n) is 5.30. The molecule has 2 atom stereocenters. The molecule has 1 N–H and O–H groups in total. The summed E-state index contributed by atoms with van der Waals surface area (Å²) >= 11 is 0. The van der Waals surface area contributed by atoms with Crippen LogP contribution in [-0.4, -0.2) is 18.0 Å². The minimum atomic E-state index is -0.983. The Kier molecular flexibility index (Phi) is 4.80. The first-order valence-corrected chi connectivity index (χ1v) is 8.89. The molecule has 138 valence electrons. The molecule has 0 bridgehead atoms. The average Bonchev–Trinajstić information content (AvgIpc) is 3.07. The number of allylic oxidation sites excluding steroid dienone is 2. The Labute approximate surface area is 154 Å². The molecule has 1 aromatic carbocycles. The number of rotatable bonds is 4. The zero-order valence-electron chi connectivity index (χ0n) is 16.3. The first kappa shape index (κ1) is 18.5. The molecule has 3 rings (SSSR count). The van der Waals surface area contributed by atoms with Crippen LogP contribution in [0.15, 0.2) is 28.4 Å². The number of aliphatic hydroxyl groups is 1. The van der Waals surface area contributed by atoms with Crippen molar-refractivity contribution in [1.29, 1.82) is 0 Å². The van der Waals surface area contributed by atoms with Crippen LogP contribution in [-0.2, 0) is 9.53 Å². The Hall–Kier alpha value is -2.33. The summed E-state index contributed by atoms with van der Waals surface area (Å²) < 4.78 is 11.2. The lowest BCUT2D eigenvalue weighted by molar-refractivity contribution is -0.120. The largest absolute Gasteiger partial charge is 0.500 e. The summed E-state index contributed by atoms with van der Waals surface area (Å²) in [6, 6.07) is 5.94. The van der Waals surface area contributed by atoms with Crippen LogP contribution in [0.4, 0.5) is 0 Å². The number of carbonyl (C=O) groups excluding carboxylic acids is 1. The van der Waals surface area contributed by atoms with Gasteiger partial charge in [-0.25, -0.2) is 0 Å². The molecule has 0 spiro atoms. The minimum Gasteiger partial charge on any atom is -0.500 e. The third kappa shape index (κ3) is 2.99. The molecule has 0 fully saturated rings. The van der Waals surface area contributed by atoms with Crippen LogP contribution in [0.3, 0.4) is 0 Å². The van der Waals surface area contributed by atoms with Gasteiger partial charge in [0.1, 0.15) is 23.4 Å². The van der Waals surface area contributed by atoms with Crippen molar-refractivity contribution in [3.63, 3.8) is 0 Å². The van der Waals surface area contributed by atoms with E-state index in [1.165, 1.54) is 0 Å². The Morgan fingerprint density at radius 3 is 2.19 bits per heavy atom. The molecule has 0 saturated heterocycles. The maximum Gasteiger partial charge on any atom is 0.173 e. The van der Waals surface area contributed by atoms with E-state index < -0.39 is 12.0 Å². The van der Waals surface area contributed by atoms with E-state index in [4.69, 9.17) is 9.15 Å². The van der Waals surface area contributed by atoms with Gasteiger partial charge in [-0.1, -0.05) is 17.7 Å². The van der Waals surface area contributed by atoms with Gasteiger partial charge in [-0.15, -0.1) is 0 Å². The van der Waals surface area contributed by atoms with Crippen LogP contribution >= 0.6 is 0 Å². The molecule has 0 aliphatic heterocycles. The maximum atomic E-state index is 13.2. The highest BCUT2D eigenvalue weighted by molar-refractivity contribution is 6.25. The summed E-state index contributed by atoms with van der Waals surface area (Å²) in [5.41, 5.74) is 5.72. The number of methoxy groups -OCH3 is 1. The van der Waals surface area contributed by atoms with Crippen LogP contribution < -0.4 is 0 Å². The molecule has 26 heavy (non-hydrogen) atoms. The van der Waals surface area contributed by atoms with Gasteiger partial charge < -0.3 is 14.3 Å². The number of carbonyl (C=O) groups is 1. The van der Waals surface area contributed by atoms with Crippen molar-refractivity contribution in [2.24, 2.45) is 5.92 Å². The predicted octanol–water partition coefficient (Wildman–Crippen LogP) is 4.50. The number of hydrogen-bond donors (Lipinski definition) is 1. The maximum absolute atomic E-state index is 13.2. The van der Waals surface area contributed by atoms with Crippen LogP contribution in [0.25, 0.3) is 5.57 Å². The van der Waals surface area contributed by atoms with E-state index in [0.29, 0.717) is 23.5 Å². The number of aliphatic hydroxyl groups excluding tert-OH is 1. The predicted molar refractivity (Wildman–Crippen MR) is 101 cm³/mol. The van der Waals surface area contributed by atoms with Crippen molar-refractivity contribution in [2.45, 2.75) is 47.1 Å². The number of furan rings is 1. The molecule has 1 aliphatic carbocycles. The van der Waals surface area contributed by atoms with Crippen LogP contribution in [0.2, 0.25) is 0 Å². The second-order valence-corrected chi connectivity index (χ2v) is 7.28. The molecule has 2 aromatic rings. The van der Waals surface area contributed by atoms with Gasteiger partial charge in [-0.3, -0.25) is 4.79 Å². The fraction of sp³-hybridized carbons (Fsp3) is 0.409. The zero-order chi connectivity index (χ0) is 19.2. The lowest BCUT2D eigenvalue weighted by atomic mass is 9.89. The number of aryl methyl sites for hydroxylation is 5. The van der Waals surface area contributed by atoms with E-state index in [1.54, 1.807) is 13.2 Å². The summed E-state index contributed by atoms with van der Waals surface area (Å²) in [5.74, 6) is 1.15. The number of Topliss-reactive ketones (excluding diaryl/α,β-unsaturated/α-hetero) is 1. The van der Waals surface area contributed by atoms with E-state index in [2.05, 4.69) is 12.1 Å². The fourth-order valence-electron chi connectivity index (χ4n) is 3.94. The topological polar surface area (TPSA) is 59.7 Å². The van der Waals surface area contributed by atoms with Crippen LogP contribution in [0.5, 0.6) is 0 Å². The standard InChI is InChI=1S/C22H26O4/c1-11-7-13(3)19(14(4)8-11)20-17(25-6)10-16(22(20)24)21(23)18-9-12(2)15(5)26-18/h7-9,16,21,23H,10H2,1-6H3. The second-order valence-electron chi connectivity index (χ2n) is 7.28. The second kappa shape index (κ2) is 6.76. The molecule has 4 heteroatoms. The number of benzene rings is 1. The van der Waals surface area contributed by atoms with Crippen molar-refractivity contribution in [2.75, 3.05) is 7.11 Å². The quantitative estimate of drug-likeness (QED) is 0.878. The summed E-state index contributed by atoms with van der Waals surface area (Å²) in [6.07, 6.45) is -0.610. The van der Waals surface area contributed by atoms with Crippen molar-refractivity contribution >= 4 is 11.4 Å². The smallest absolute Gasteiger partial charge is 0.173 e. The molecule has 2 unspecified atom stereocenters. The lowest BCUT2D eigenvalue weighted by Crippen LogP contribution is -2.19. The highest BCUT2D eigenvalue weighted by Crippen LogP contribution is 2.43. The number of hydrogen-bond acceptors (Lipinski definition) is 4. The van der Waals surface area contributed by atoms with Gasteiger partial charge in [0.2, 0.25) is 0 Å². The average molecular weight is 354 g/mol. The highest BCUT2D eigenvalue weighted by Gasteiger charge is 2.41. The monoisotopic (exact) mass is 354 g/mol. The molecular weight excluding hydrogens is 328 g/mol. The summed E-state index contributed by atoms with van der Waals surface area (Å²) in [5, 5.41) is 10.8. The van der Waals surface area contributed by atoms with Gasteiger partial charge in [0.15, 0.2) is 5.78 Å².